The molecule has 3 rings (SSSR count). The Balaban J connectivity index is 2.05. The monoisotopic (exact) mass is 268 g/mol. The summed E-state index contributed by atoms with van der Waals surface area (Å²) in [5.41, 5.74) is 6.78. The van der Waals surface area contributed by atoms with Gasteiger partial charge in [0.2, 0.25) is 0 Å². The fraction of sp³-hybridized carbons (Fsp3) is 0. The number of benzene rings is 1. The lowest BCUT2D eigenvalue weighted by Gasteiger charge is -2.08. The van der Waals surface area contributed by atoms with E-state index in [1.165, 1.54) is 18.2 Å². The Labute approximate surface area is 113 Å². The molecule has 0 aliphatic rings. The van der Waals surface area contributed by atoms with Gasteiger partial charge in [-0.3, -0.25) is 0 Å². The molecule has 0 radical (unpaired) electrons. The molecule has 3 aromatic rings. The normalized spacial score (nSPS) is 10.4. The highest BCUT2D eigenvalue weighted by atomic mass is 19.1. The first kappa shape index (κ1) is 11.9. The molecule has 0 amide bonds. The Morgan fingerprint density at radius 1 is 1.40 bits per heavy atom. The molecular weight excluding hydrogens is 259 g/mol. The molecule has 0 fully saturated rings. The van der Waals surface area contributed by atoms with Crippen LogP contribution in [0.2, 0.25) is 0 Å². The number of nitrogens with one attached hydrogen (secondary N) is 1. The van der Waals surface area contributed by atoms with Crippen molar-refractivity contribution in [1.29, 1.82) is 5.26 Å². The number of nitriles is 1. The van der Waals surface area contributed by atoms with Crippen molar-refractivity contribution in [2.45, 2.75) is 0 Å². The predicted molar refractivity (Wildman–Crippen MR) is 71.8 cm³/mol. The fourth-order valence-electron chi connectivity index (χ4n) is 1.86. The molecule has 3 N–H and O–H groups in total. The van der Waals surface area contributed by atoms with Gasteiger partial charge in [-0.15, -0.1) is 0 Å². The van der Waals surface area contributed by atoms with Gasteiger partial charge in [0, 0.05) is 18.1 Å². The number of nitrogens with two attached hydrogens (primary N) is 1. The van der Waals surface area contributed by atoms with Gasteiger partial charge in [0.15, 0.2) is 11.5 Å². The molecule has 20 heavy (non-hydrogen) atoms. The molecule has 0 bridgehead atoms. The third kappa shape index (κ3) is 1.99. The standard InChI is InChI=1S/C13H9FN6/c14-10-2-1-9(5-8(10)6-15)18-12-13-17-3-4-20(13)7-11(16)19-12/h1-5,7H,16H2,(H,18,19). The van der Waals surface area contributed by atoms with Crippen molar-refractivity contribution in [1.82, 2.24) is 14.4 Å². The number of anilines is 3. The number of aromatic nitrogens is 3. The Bertz CT molecular complexity index is 832. The summed E-state index contributed by atoms with van der Waals surface area (Å²) >= 11 is 0. The first-order valence-corrected chi connectivity index (χ1v) is 5.73. The summed E-state index contributed by atoms with van der Waals surface area (Å²) in [6.07, 6.45) is 5.00. The van der Waals surface area contributed by atoms with Gasteiger partial charge >= 0.3 is 0 Å². The van der Waals surface area contributed by atoms with Gasteiger partial charge in [-0.05, 0) is 18.2 Å². The number of halogens is 1. The number of hydrogen-bond donors (Lipinski definition) is 2. The molecule has 0 aliphatic carbocycles. The zero-order valence-corrected chi connectivity index (χ0v) is 10.2. The molecule has 0 saturated carbocycles. The van der Waals surface area contributed by atoms with Crippen molar-refractivity contribution in [3.05, 3.63) is 48.2 Å². The minimum atomic E-state index is -0.565. The molecule has 0 spiro atoms. The van der Waals surface area contributed by atoms with Crippen molar-refractivity contribution in [3.63, 3.8) is 0 Å². The molecule has 7 heteroatoms. The number of rotatable bonds is 2. The van der Waals surface area contributed by atoms with Gasteiger partial charge in [0.1, 0.15) is 17.7 Å². The number of nitrogens with zero attached hydrogens (tertiary/aromatic N) is 4. The van der Waals surface area contributed by atoms with Gasteiger partial charge in [-0.2, -0.15) is 5.26 Å². The number of nitrogen functional groups attached to an aromatic ring is 1. The summed E-state index contributed by atoms with van der Waals surface area (Å²) in [7, 11) is 0. The predicted octanol–water partition coefficient (Wildman–Crippen LogP) is 2.07. The van der Waals surface area contributed by atoms with Crippen LogP contribution >= 0.6 is 0 Å². The van der Waals surface area contributed by atoms with E-state index in [-0.39, 0.29) is 5.56 Å². The van der Waals surface area contributed by atoms with Crippen molar-refractivity contribution in [3.8, 4) is 6.07 Å². The second-order valence-electron chi connectivity index (χ2n) is 4.10. The van der Waals surface area contributed by atoms with Crippen LogP contribution in [0.15, 0.2) is 36.8 Å². The largest absolute Gasteiger partial charge is 0.382 e. The average molecular weight is 268 g/mol. The van der Waals surface area contributed by atoms with Crippen LogP contribution in [0.25, 0.3) is 5.65 Å². The molecule has 0 atom stereocenters. The lowest BCUT2D eigenvalue weighted by molar-refractivity contribution is 0.624. The van der Waals surface area contributed by atoms with E-state index in [2.05, 4.69) is 15.3 Å². The highest BCUT2D eigenvalue weighted by Gasteiger charge is 2.08. The second kappa shape index (κ2) is 4.51. The van der Waals surface area contributed by atoms with E-state index >= 15 is 0 Å². The maximum Gasteiger partial charge on any atom is 0.180 e. The van der Waals surface area contributed by atoms with E-state index in [4.69, 9.17) is 11.0 Å². The number of hydrogen-bond acceptors (Lipinski definition) is 5. The highest BCUT2D eigenvalue weighted by Crippen LogP contribution is 2.21. The summed E-state index contributed by atoms with van der Waals surface area (Å²) in [6, 6.07) is 5.92. The van der Waals surface area contributed by atoms with E-state index in [0.29, 0.717) is 23.0 Å². The Hall–Kier alpha value is -3.14. The summed E-state index contributed by atoms with van der Waals surface area (Å²) in [4.78, 5) is 8.31. The van der Waals surface area contributed by atoms with Crippen LogP contribution in [-0.2, 0) is 0 Å². The van der Waals surface area contributed by atoms with Crippen LogP contribution in [0.5, 0.6) is 0 Å². The molecule has 2 heterocycles. The van der Waals surface area contributed by atoms with Crippen LogP contribution < -0.4 is 11.1 Å². The molecule has 1 aromatic carbocycles. The molecule has 0 aliphatic heterocycles. The molecule has 2 aromatic heterocycles. The molecule has 0 unspecified atom stereocenters. The highest BCUT2D eigenvalue weighted by molar-refractivity contribution is 5.71. The van der Waals surface area contributed by atoms with Crippen LogP contribution in [-0.4, -0.2) is 14.4 Å². The number of fused-ring (bicyclic) bond motifs is 1. The third-order valence-electron chi connectivity index (χ3n) is 2.74. The summed E-state index contributed by atoms with van der Waals surface area (Å²) in [5, 5.41) is 11.8. The van der Waals surface area contributed by atoms with Gasteiger partial charge in [-0.1, -0.05) is 0 Å². The molecule has 6 nitrogen and oxygen atoms in total. The molecule has 0 saturated heterocycles. The molecular formula is C13H9FN6. The minimum absolute atomic E-state index is 0.0433. The average Bonchev–Trinajstić information content (AvgIpc) is 2.89. The first-order valence-electron chi connectivity index (χ1n) is 5.73. The smallest absolute Gasteiger partial charge is 0.180 e. The van der Waals surface area contributed by atoms with Gasteiger partial charge in [-0.25, -0.2) is 14.4 Å². The van der Waals surface area contributed by atoms with Crippen LogP contribution in [0.3, 0.4) is 0 Å². The maximum absolute atomic E-state index is 13.3. The Morgan fingerprint density at radius 3 is 3.05 bits per heavy atom. The second-order valence-corrected chi connectivity index (χ2v) is 4.10. The topological polar surface area (TPSA) is 92.0 Å². The zero-order valence-electron chi connectivity index (χ0n) is 10.2. The Morgan fingerprint density at radius 2 is 2.25 bits per heavy atom. The van der Waals surface area contributed by atoms with Crippen LogP contribution in [0, 0.1) is 17.1 Å². The minimum Gasteiger partial charge on any atom is -0.382 e. The summed E-state index contributed by atoms with van der Waals surface area (Å²) in [5.74, 6) is 0.190. The quantitative estimate of drug-likeness (QED) is 0.742. The zero-order chi connectivity index (χ0) is 14.1. The van der Waals surface area contributed by atoms with Crippen LogP contribution in [0.1, 0.15) is 5.56 Å². The SMILES string of the molecule is N#Cc1cc(Nc2nc(N)cn3ccnc23)ccc1F. The lowest BCUT2D eigenvalue weighted by atomic mass is 10.2. The third-order valence-corrected chi connectivity index (χ3v) is 2.74. The van der Waals surface area contributed by atoms with E-state index in [1.54, 1.807) is 29.1 Å². The maximum atomic E-state index is 13.3. The number of imidazole rings is 1. The molecule has 98 valence electrons. The summed E-state index contributed by atoms with van der Waals surface area (Å²) in [6.45, 7) is 0. The van der Waals surface area contributed by atoms with E-state index in [1.807, 2.05) is 0 Å². The Kier molecular flexibility index (Phi) is 2.69. The first-order chi connectivity index (χ1) is 9.67. The fourth-order valence-corrected chi connectivity index (χ4v) is 1.86. The van der Waals surface area contributed by atoms with E-state index in [0.717, 1.165) is 0 Å². The van der Waals surface area contributed by atoms with E-state index < -0.39 is 5.82 Å². The van der Waals surface area contributed by atoms with Gasteiger partial charge < -0.3 is 15.5 Å². The van der Waals surface area contributed by atoms with Crippen LogP contribution in [0.4, 0.5) is 21.7 Å². The van der Waals surface area contributed by atoms with Gasteiger partial charge in [0.25, 0.3) is 0 Å². The van der Waals surface area contributed by atoms with E-state index in [9.17, 15) is 4.39 Å². The summed E-state index contributed by atoms with van der Waals surface area (Å²) < 4.78 is 15.0. The van der Waals surface area contributed by atoms with Crippen molar-refractivity contribution in [2.24, 2.45) is 0 Å². The van der Waals surface area contributed by atoms with Gasteiger partial charge in [0.05, 0.1) is 11.8 Å². The lowest BCUT2D eigenvalue weighted by Crippen LogP contribution is -2.02. The van der Waals surface area contributed by atoms with Crippen molar-refractivity contribution >= 4 is 23.0 Å². The van der Waals surface area contributed by atoms with Crippen molar-refractivity contribution < 1.29 is 4.39 Å². The van der Waals surface area contributed by atoms with Crippen molar-refractivity contribution in [2.75, 3.05) is 11.1 Å².